The maximum absolute atomic E-state index is 13.5. The Morgan fingerprint density at radius 3 is 2.43 bits per heavy atom. The zero-order valence-electron chi connectivity index (χ0n) is 21.3. The maximum Gasteiger partial charge on any atom is 0.254 e. The maximum atomic E-state index is 13.5. The van der Waals surface area contributed by atoms with Gasteiger partial charge in [0.05, 0.1) is 26.0 Å². The van der Waals surface area contributed by atoms with Gasteiger partial charge in [-0.3, -0.25) is 9.59 Å². The van der Waals surface area contributed by atoms with Crippen molar-refractivity contribution in [3.8, 4) is 5.75 Å². The molecule has 0 aliphatic carbocycles. The topological polar surface area (TPSA) is 67.9 Å². The van der Waals surface area contributed by atoms with E-state index in [1.807, 2.05) is 68.1 Å². The third-order valence-corrected chi connectivity index (χ3v) is 6.24. The molecule has 0 N–H and O–H groups in total. The molecule has 0 saturated heterocycles. The largest absolute Gasteiger partial charge is 0.494 e. The van der Waals surface area contributed by atoms with Crippen molar-refractivity contribution in [3.63, 3.8) is 0 Å². The van der Waals surface area contributed by atoms with Gasteiger partial charge >= 0.3 is 0 Å². The van der Waals surface area contributed by atoms with Crippen molar-refractivity contribution in [2.75, 3.05) is 13.2 Å². The van der Waals surface area contributed by atoms with Crippen LogP contribution in [-0.4, -0.2) is 45.4 Å². The highest BCUT2D eigenvalue weighted by molar-refractivity contribution is 5.96. The number of aryl methyl sites for hydroxylation is 1. The minimum absolute atomic E-state index is 0.00623. The number of carbonyl (C=O) groups is 2. The summed E-state index contributed by atoms with van der Waals surface area (Å²) in [7, 11) is 1.95. The summed E-state index contributed by atoms with van der Waals surface area (Å²) in [6.45, 7) is 7.52. The number of carbonyl (C=O) groups excluding carboxylic acids is 2. The summed E-state index contributed by atoms with van der Waals surface area (Å²) in [6, 6.07) is 14.7. The molecule has 0 spiro atoms. The van der Waals surface area contributed by atoms with Gasteiger partial charge in [-0.25, -0.2) is 0 Å². The lowest BCUT2D eigenvalue weighted by Crippen LogP contribution is -2.46. The second-order valence-electron chi connectivity index (χ2n) is 8.86. The number of hydrogen-bond donors (Lipinski definition) is 0. The molecule has 3 rings (SSSR count). The number of nitrogens with zero attached hydrogens (tertiary/aromatic N) is 3. The fraction of sp³-hybridized carbons (Fsp3) is 0.429. The zero-order chi connectivity index (χ0) is 25.2. The Kier molecular flexibility index (Phi) is 9.58. The van der Waals surface area contributed by atoms with Crippen molar-refractivity contribution < 1.29 is 18.7 Å². The lowest BCUT2D eigenvalue weighted by atomic mass is 10.1. The second kappa shape index (κ2) is 12.8. The molecule has 2 heterocycles. The van der Waals surface area contributed by atoms with Crippen molar-refractivity contribution in [3.05, 3.63) is 78.0 Å². The molecule has 188 valence electrons. The molecule has 0 aliphatic rings. The number of aromatic nitrogens is 1. The normalized spacial score (nSPS) is 11.8. The van der Waals surface area contributed by atoms with Crippen LogP contribution in [0.5, 0.6) is 5.75 Å². The van der Waals surface area contributed by atoms with Crippen LogP contribution in [0.4, 0.5) is 0 Å². The van der Waals surface area contributed by atoms with E-state index in [0.717, 1.165) is 30.7 Å². The first-order valence-corrected chi connectivity index (χ1v) is 12.4. The summed E-state index contributed by atoms with van der Waals surface area (Å²) in [4.78, 5) is 30.4. The number of amides is 2. The molecule has 2 aromatic heterocycles. The summed E-state index contributed by atoms with van der Waals surface area (Å²) in [6.07, 6.45) is 6.35. The zero-order valence-corrected chi connectivity index (χ0v) is 21.3. The highest BCUT2D eigenvalue weighted by Gasteiger charge is 2.26. The van der Waals surface area contributed by atoms with Gasteiger partial charge in [0.2, 0.25) is 5.91 Å². The van der Waals surface area contributed by atoms with Crippen LogP contribution in [0.3, 0.4) is 0 Å². The third-order valence-electron chi connectivity index (χ3n) is 6.24. The molecular formula is C28H37N3O4. The number of hydrogen-bond acceptors (Lipinski definition) is 4. The van der Waals surface area contributed by atoms with Crippen molar-refractivity contribution in [1.82, 2.24) is 14.4 Å². The molecule has 0 bridgehead atoms. The Bertz CT molecular complexity index is 1060. The van der Waals surface area contributed by atoms with Gasteiger partial charge in [0.25, 0.3) is 5.91 Å². The molecule has 1 unspecified atom stereocenters. The van der Waals surface area contributed by atoms with Crippen LogP contribution in [0.15, 0.2) is 65.4 Å². The fourth-order valence-electron chi connectivity index (χ4n) is 3.77. The molecule has 3 aromatic rings. The van der Waals surface area contributed by atoms with Crippen molar-refractivity contribution in [1.29, 1.82) is 0 Å². The van der Waals surface area contributed by atoms with E-state index >= 15 is 0 Å². The molecule has 1 atom stereocenters. The Morgan fingerprint density at radius 1 is 1.06 bits per heavy atom. The molecule has 2 amide bonds. The van der Waals surface area contributed by atoms with E-state index in [1.165, 1.54) is 0 Å². The first-order valence-electron chi connectivity index (χ1n) is 12.4. The van der Waals surface area contributed by atoms with E-state index in [1.54, 1.807) is 28.2 Å². The Morgan fingerprint density at radius 2 is 1.83 bits per heavy atom. The average molecular weight is 480 g/mol. The van der Waals surface area contributed by atoms with Gasteiger partial charge < -0.3 is 23.5 Å². The van der Waals surface area contributed by atoms with E-state index in [9.17, 15) is 9.59 Å². The van der Waals surface area contributed by atoms with Crippen LogP contribution >= 0.6 is 0 Å². The summed E-state index contributed by atoms with van der Waals surface area (Å²) in [5.74, 6) is 1.15. The number of rotatable bonds is 13. The quantitative estimate of drug-likeness (QED) is 0.313. The average Bonchev–Trinajstić information content (AvgIpc) is 3.53. The summed E-state index contributed by atoms with van der Waals surface area (Å²) < 4.78 is 13.2. The predicted octanol–water partition coefficient (Wildman–Crippen LogP) is 5.27. The van der Waals surface area contributed by atoms with Gasteiger partial charge in [0.1, 0.15) is 18.1 Å². The smallest absolute Gasteiger partial charge is 0.254 e. The SMILES string of the molecule is CCCCOc1ccc(C(=O)N(CC(=O)N(Cc2ccco2)Cc2cccn2C)C(C)CC)cc1. The minimum atomic E-state index is -0.162. The van der Waals surface area contributed by atoms with E-state index < -0.39 is 0 Å². The lowest BCUT2D eigenvalue weighted by molar-refractivity contribution is -0.134. The van der Waals surface area contributed by atoms with E-state index in [2.05, 4.69) is 6.92 Å². The highest BCUT2D eigenvalue weighted by Crippen LogP contribution is 2.18. The van der Waals surface area contributed by atoms with Gasteiger partial charge in [0, 0.05) is 30.5 Å². The molecule has 7 nitrogen and oxygen atoms in total. The molecule has 0 aliphatic heterocycles. The number of ether oxygens (including phenoxy) is 1. The molecular weight excluding hydrogens is 442 g/mol. The monoisotopic (exact) mass is 479 g/mol. The van der Waals surface area contributed by atoms with Gasteiger partial charge in [0.15, 0.2) is 0 Å². The Balaban J connectivity index is 1.76. The van der Waals surface area contributed by atoms with Gasteiger partial charge in [-0.1, -0.05) is 20.3 Å². The molecule has 35 heavy (non-hydrogen) atoms. The fourth-order valence-corrected chi connectivity index (χ4v) is 3.77. The van der Waals surface area contributed by atoms with Gasteiger partial charge in [-0.05, 0) is 68.3 Å². The summed E-state index contributed by atoms with van der Waals surface area (Å²) >= 11 is 0. The standard InChI is InChI=1S/C28H37N3O4/c1-5-7-17-34-25-14-12-23(13-15-25)28(33)31(22(3)6-2)21-27(32)30(20-26-11-9-18-35-26)19-24-10-8-16-29(24)4/h8-16,18,22H,5-7,17,19-21H2,1-4H3. The van der Waals surface area contributed by atoms with E-state index in [4.69, 9.17) is 9.15 Å². The Hall–Kier alpha value is -3.48. The van der Waals surface area contributed by atoms with Crippen molar-refractivity contribution >= 4 is 11.8 Å². The summed E-state index contributed by atoms with van der Waals surface area (Å²) in [5.41, 5.74) is 1.55. The number of unbranched alkanes of at least 4 members (excludes halogenated alkanes) is 1. The van der Waals surface area contributed by atoms with Crippen LogP contribution in [0.1, 0.15) is 61.8 Å². The highest BCUT2D eigenvalue weighted by atomic mass is 16.5. The Labute approximate surface area is 208 Å². The van der Waals surface area contributed by atoms with Crippen LogP contribution in [0.2, 0.25) is 0 Å². The van der Waals surface area contributed by atoms with E-state index in [0.29, 0.717) is 31.0 Å². The molecule has 0 saturated carbocycles. The van der Waals surface area contributed by atoms with Crippen molar-refractivity contribution in [2.24, 2.45) is 7.05 Å². The van der Waals surface area contributed by atoms with Crippen LogP contribution in [-0.2, 0) is 24.9 Å². The molecule has 1 aromatic carbocycles. The minimum Gasteiger partial charge on any atom is -0.494 e. The van der Waals surface area contributed by atoms with E-state index in [-0.39, 0.29) is 24.4 Å². The van der Waals surface area contributed by atoms with Crippen LogP contribution in [0, 0.1) is 0 Å². The van der Waals surface area contributed by atoms with Gasteiger partial charge in [-0.15, -0.1) is 0 Å². The van der Waals surface area contributed by atoms with Gasteiger partial charge in [-0.2, -0.15) is 0 Å². The molecule has 0 radical (unpaired) electrons. The lowest BCUT2D eigenvalue weighted by Gasteiger charge is -2.31. The third kappa shape index (κ3) is 7.25. The second-order valence-corrected chi connectivity index (χ2v) is 8.86. The van der Waals surface area contributed by atoms with Crippen LogP contribution < -0.4 is 4.74 Å². The first-order chi connectivity index (χ1) is 16.9. The first kappa shape index (κ1) is 26.1. The molecule has 7 heteroatoms. The predicted molar refractivity (Wildman–Crippen MR) is 136 cm³/mol. The van der Waals surface area contributed by atoms with Crippen LogP contribution in [0.25, 0.3) is 0 Å². The van der Waals surface area contributed by atoms with Crippen molar-refractivity contribution in [2.45, 2.75) is 59.2 Å². The summed E-state index contributed by atoms with van der Waals surface area (Å²) in [5, 5.41) is 0. The number of furan rings is 1. The molecule has 0 fully saturated rings. The number of benzene rings is 1.